The number of carbonyl (C=O) groups excluding carboxylic acids is 1. The minimum atomic E-state index is -0.379. The molecule has 76 valence electrons. The average molecular weight is 256 g/mol. The first-order valence-corrected chi connectivity index (χ1v) is 5.61. The largest absolute Gasteiger partial charge is 0.326 e. The van der Waals surface area contributed by atoms with Crippen LogP contribution in [0.2, 0.25) is 0 Å². The van der Waals surface area contributed by atoms with Crippen LogP contribution in [-0.4, -0.2) is 11.2 Å². The van der Waals surface area contributed by atoms with Crippen LogP contribution in [0.1, 0.15) is 13.8 Å². The van der Waals surface area contributed by atoms with E-state index < -0.39 is 0 Å². The third kappa shape index (κ3) is 2.84. The normalized spacial score (nSPS) is 11.1. The zero-order valence-corrected chi connectivity index (χ0v) is 9.97. The molecule has 1 rings (SSSR count). The van der Waals surface area contributed by atoms with Gasteiger partial charge in [-0.05, 0) is 12.1 Å². The molecule has 0 atom stereocenters. The molecule has 3 heteroatoms. The number of para-hydroxylation sites is 1. The summed E-state index contributed by atoms with van der Waals surface area (Å²) < 4.78 is 0. The van der Waals surface area contributed by atoms with E-state index in [1.165, 1.54) is 0 Å². The van der Waals surface area contributed by atoms with Gasteiger partial charge in [-0.2, -0.15) is 0 Å². The van der Waals surface area contributed by atoms with Crippen molar-refractivity contribution in [3.05, 3.63) is 30.3 Å². The van der Waals surface area contributed by atoms with Crippen molar-refractivity contribution in [1.82, 2.24) is 0 Å². The Kier molecular flexibility index (Phi) is 3.69. The van der Waals surface area contributed by atoms with E-state index in [2.05, 4.69) is 21.2 Å². The highest BCUT2D eigenvalue weighted by atomic mass is 79.9. The molecule has 0 saturated carbocycles. The minimum Gasteiger partial charge on any atom is -0.326 e. The van der Waals surface area contributed by atoms with Gasteiger partial charge in [-0.15, -0.1) is 0 Å². The third-order valence-electron chi connectivity index (χ3n) is 1.98. The van der Waals surface area contributed by atoms with Crippen molar-refractivity contribution in [3.8, 4) is 0 Å². The molecule has 1 aromatic rings. The molecule has 0 spiro atoms. The zero-order chi connectivity index (χ0) is 10.6. The molecule has 0 aliphatic heterocycles. The highest BCUT2D eigenvalue weighted by Crippen LogP contribution is 2.20. The molecule has 0 aromatic heterocycles. The van der Waals surface area contributed by atoms with Gasteiger partial charge in [-0.1, -0.05) is 48.0 Å². The van der Waals surface area contributed by atoms with E-state index >= 15 is 0 Å². The lowest BCUT2D eigenvalue weighted by atomic mass is 9.95. The number of alkyl halides is 1. The zero-order valence-electron chi connectivity index (χ0n) is 8.38. The summed E-state index contributed by atoms with van der Waals surface area (Å²) in [6.45, 7) is 3.81. The number of nitrogens with one attached hydrogen (secondary N) is 1. The van der Waals surface area contributed by atoms with Crippen LogP contribution in [0.5, 0.6) is 0 Å². The van der Waals surface area contributed by atoms with E-state index in [9.17, 15) is 4.79 Å². The van der Waals surface area contributed by atoms with Crippen LogP contribution in [-0.2, 0) is 4.79 Å². The van der Waals surface area contributed by atoms with Crippen LogP contribution in [0, 0.1) is 5.41 Å². The maximum atomic E-state index is 11.7. The number of halogens is 1. The van der Waals surface area contributed by atoms with Gasteiger partial charge in [-0.3, -0.25) is 4.79 Å². The highest BCUT2D eigenvalue weighted by Gasteiger charge is 2.25. The Morgan fingerprint density at radius 1 is 1.36 bits per heavy atom. The quantitative estimate of drug-likeness (QED) is 0.827. The third-order valence-corrected chi connectivity index (χ3v) is 3.38. The first-order chi connectivity index (χ1) is 6.56. The van der Waals surface area contributed by atoms with Gasteiger partial charge in [0.2, 0.25) is 5.91 Å². The Balaban J connectivity index is 2.67. The van der Waals surface area contributed by atoms with Crippen LogP contribution in [0.15, 0.2) is 30.3 Å². The standard InChI is InChI=1S/C11H14BrNO/c1-11(2,8-12)10(14)13-9-6-4-3-5-7-9/h3-7H,8H2,1-2H3,(H,13,14). The lowest BCUT2D eigenvalue weighted by Crippen LogP contribution is -2.31. The lowest BCUT2D eigenvalue weighted by molar-refractivity contribution is -0.122. The molecule has 2 nitrogen and oxygen atoms in total. The Morgan fingerprint density at radius 2 is 1.93 bits per heavy atom. The molecular formula is C11H14BrNO. The fraction of sp³-hybridized carbons (Fsp3) is 0.364. The second kappa shape index (κ2) is 4.60. The number of amides is 1. The fourth-order valence-corrected chi connectivity index (χ4v) is 1.14. The molecule has 0 bridgehead atoms. The monoisotopic (exact) mass is 255 g/mol. The Labute approximate surface area is 92.8 Å². The summed E-state index contributed by atoms with van der Waals surface area (Å²) in [5.74, 6) is 0.0283. The topological polar surface area (TPSA) is 29.1 Å². The second-order valence-electron chi connectivity index (χ2n) is 3.84. The predicted molar refractivity (Wildman–Crippen MR) is 62.6 cm³/mol. The summed E-state index contributed by atoms with van der Waals surface area (Å²) in [6, 6.07) is 9.48. The Hall–Kier alpha value is -0.830. The number of carbonyl (C=O) groups is 1. The van der Waals surface area contributed by atoms with E-state index in [1.54, 1.807) is 0 Å². The molecule has 14 heavy (non-hydrogen) atoms. The summed E-state index contributed by atoms with van der Waals surface area (Å²) in [6.07, 6.45) is 0. The highest BCUT2D eigenvalue weighted by molar-refractivity contribution is 9.09. The van der Waals surface area contributed by atoms with E-state index in [1.807, 2.05) is 44.2 Å². The summed E-state index contributed by atoms with van der Waals surface area (Å²) in [5, 5.41) is 3.52. The van der Waals surface area contributed by atoms with Crippen LogP contribution >= 0.6 is 15.9 Å². The smallest absolute Gasteiger partial charge is 0.230 e. The van der Waals surface area contributed by atoms with Gasteiger partial charge in [-0.25, -0.2) is 0 Å². The number of benzene rings is 1. The van der Waals surface area contributed by atoms with Gasteiger partial charge in [0.05, 0.1) is 5.41 Å². The number of anilines is 1. The summed E-state index contributed by atoms with van der Waals surface area (Å²) in [7, 11) is 0. The average Bonchev–Trinajstić information content (AvgIpc) is 2.19. The maximum absolute atomic E-state index is 11.7. The fourth-order valence-electron chi connectivity index (χ4n) is 0.882. The van der Waals surface area contributed by atoms with Crippen molar-refractivity contribution in [3.63, 3.8) is 0 Å². The van der Waals surface area contributed by atoms with Crippen molar-refractivity contribution in [2.45, 2.75) is 13.8 Å². The van der Waals surface area contributed by atoms with E-state index in [0.29, 0.717) is 5.33 Å². The van der Waals surface area contributed by atoms with Gasteiger partial charge in [0, 0.05) is 11.0 Å². The molecule has 1 amide bonds. The molecule has 0 saturated heterocycles. The molecule has 0 fully saturated rings. The number of rotatable bonds is 3. The second-order valence-corrected chi connectivity index (χ2v) is 4.40. The molecule has 0 aliphatic carbocycles. The first-order valence-electron chi connectivity index (χ1n) is 4.49. The van der Waals surface area contributed by atoms with Crippen LogP contribution in [0.25, 0.3) is 0 Å². The van der Waals surface area contributed by atoms with Crippen LogP contribution in [0.3, 0.4) is 0 Å². The van der Waals surface area contributed by atoms with Crippen LogP contribution < -0.4 is 5.32 Å². The number of hydrogen-bond donors (Lipinski definition) is 1. The maximum Gasteiger partial charge on any atom is 0.230 e. The van der Waals surface area contributed by atoms with Crippen molar-refractivity contribution in [1.29, 1.82) is 0 Å². The molecule has 0 radical (unpaired) electrons. The molecule has 1 aromatic carbocycles. The number of hydrogen-bond acceptors (Lipinski definition) is 1. The van der Waals surface area contributed by atoms with Crippen molar-refractivity contribution >= 4 is 27.5 Å². The van der Waals surface area contributed by atoms with Gasteiger partial charge < -0.3 is 5.32 Å². The van der Waals surface area contributed by atoms with Crippen molar-refractivity contribution in [2.24, 2.45) is 5.41 Å². The van der Waals surface area contributed by atoms with E-state index in [0.717, 1.165) is 5.69 Å². The molecule has 0 unspecified atom stereocenters. The van der Waals surface area contributed by atoms with Crippen LogP contribution in [0.4, 0.5) is 5.69 Å². The summed E-state index contributed by atoms with van der Waals surface area (Å²) in [5.41, 5.74) is 0.460. The predicted octanol–water partition coefficient (Wildman–Crippen LogP) is 3.05. The van der Waals surface area contributed by atoms with Crippen molar-refractivity contribution < 1.29 is 4.79 Å². The summed E-state index contributed by atoms with van der Waals surface area (Å²) >= 11 is 3.32. The van der Waals surface area contributed by atoms with Gasteiger partial charge in [0.25, 0.3) is 0 Å². The van der Waals surface area contributed by atoms with E-state index in [4.69, 9.17) is 0 Å². The summed E-state index contributed by atoms with van der Waals surface area (Å²) in [4.78, 5) is 11.7. The molecule has 1 N–H and O–H groups in total. The van der Waals surface area contributed by atoms with Gasteiger partial charge in [0.1, 0.15) is 0 Å². The SMILES string of the molecule is CC(C)(CBr)C(=O)Nc1ccccc1. The molecule has 0 heterocycles. The molecular weight excluding hydrogens is 242 g/mol. The van der Waals surface area contributed by atoms with Gasteiger partial charge >= 0.3 is 0 Å². The Morgan fingerprint density at radius 3 is 2.43 bits per heavy atom. The van der Waals surface area contributed by atoms with Gasteiger partial charge in [0.15, 0.2) is 0 Å². The minimum absolute atomic E-state index is 0.0283. The lowest BCUT2D eigenvalue weighted by Gasteiger charge is -2.20. The van der Waals surface area contributed by atoms with Crippen molar-refractivity contribution in [2.75, 3.05) is 10.6 Å². The Bertz CT molecular complexity index is 308. The van der Waals surface area contributed by atoms with E-state index in [-0.39, 0.29) is 11.3 Å². The first kappa shape index (κ1) is 11.2. The molecule has 0 aliphatic rings.